The Labute approximate surface area is 124 Å². The molecule has 1 aromatic rings. The largest absolute Gasteiger partial charge is 0.481 e. The Hall–Kier alpha value is -2.11. The SMILES string of the molecule is CCN(Cc1ccncc1)C(=O)N1CCC(C)(C(=O)O)C1. The van der Waals surface area contributed by atoms with Crippen LogP contribution in [0, 0.1) is 5.41 Å². The predicted molar refractivity (Wildman–Crippen MR) is 77.6 cm³/mol. The van der Waals surface area contributed by atoms with Gasteiger partial charge in [0.1, 0.15) is 0 Å². The van der Waals surface area contributed by atoms with Crippen LogP contribution in [0.5, 0.6) is 0 Å². The van der Waals surface area contributed by atoms with E-state index in [4.69, 9.17) is 0 Å². The van der Waals surface area contributed by atoms with Gasteiger partial charge in [0, 0.05) is 38.6 Å². The molecule has 1 unspecified atom stereocenters. The smallest absolute Gasteiger partial charge is 0.320 e. The van der Waals surface area contributed by atoms with Crippen molar-refractivity contribution in [2.75, 3.05) is 19.6 Å². The highest BCUT2D eigenvalue weighted by atomic mass is 16.4. The zero-order chi connectivity index (χ0) is 15.5. The van der Waals surface area contributed by atoms with Crippen molar-refractivity contribution in [3.63, 3.8) is 0 Å². The van der Waals surface area contributed by atoms with E-state index in [1.165, 1.54) is 0 Å². The second-order valence-corrected chi connectivity index (χ2v) is 5.69. The summed E-state index contributed by atoms with van der Waals surface area (Å²) in [5.74, 6) is -0.838. The van der Waals surface area contributed by atoms with Gasteiger partial charge in [-0.25, -0.2) is 4.79 Å². The fourth-order valence-electron chi connectivity index (χ4n) is 2.52. The van der Waals surface area contributed by atoms with Crippen molar-refractivity contribution < 1.29 is 14.7 Å². The molecule has 1 saturated heterocycles. The molecule has 2 rings (SSSR count). The summed E-state index contributed by atoms with van der Waals surface area (Å²) in [6.07, 6.45) is 3.90. The Bertz CT molecular complexity index is 520. The first-order valence-electron chi connectivity index (χ1n) is 7.12. The average molecular weight is 291 g/mol. The van der Waals surface area contributed by atoms with Crippen molar-refractivity contribution in [3.05, 3.63) is 30.1 Å². The Kier molecular flexibility index (Phi) is 4.45. The predicted octanol–water partition coefficient (Wildman–Crippen LogP) is 1.82. The summed E-state index contributed by atoms with van der Waals surface area (Å²) in [6.45, 7) is 5.48. The fourth-order valence-corrected chi connectivity index (χ4v) is 2.52. The van der Waals surface area contributed by atoms with Crippen LogP contribution in [0.15, 0.2) is 24.5 Å². The fraction of sp³-hybridized carbons (Fsp3) is 0.533. The quantitative estimate of drug-likeness (QED) is 0.918. The Morgan fingerprint density at radius 2 is 2.10 bits per heavy atom. The van der Waals surface area contributed by atoms with Crippen molar-refractivity contribution in [1.82, 2.24) is 14.8 Å². The zero-order valence-electron chi connectivity index (χ0n) is 12.5. The summed E-state index contributed by atoms with van der Waals surface area (Å²) in [5, 5.41) is 9.24. The normalized spacial score (nSPS) is 21.3. The molecular formula is C15H21N3O3. The number of carboxylic acids is 1. The van der Waals surface area contributed by atoms with Crippen molar-refractivity contribution in [3.8, 4) is 0 Å². The number of hydrogen-bond donors (Lipinski definition) is 1. The Morgan fingerprint density at radius 3 is 2.62 bits per heavy atom. The summed E-state index contributed by atoms with van der Waals surface area (Å²) in [5.41, 5.74) is 0.187. The monoisotopic (exact) mass is 291 g/mol. The minimum absolute atomic E-state index is 0.0979. The molecule has 114 valence electrons. The van der Waals surface area contributed by atoms with Gasteiger partial charge in [-0.3, -0.25) is 9.78 Å². The number of rotatable bonds is 4. The van der Waals surface area contributed by atoms with E-state index >= 15 is 0 Å². The van der Waals surface area contributed by atoms with Gasteiger partial charge in [-0.05, 0) is 38.0 Å². The van der Waals surface area contributed by atoms with Crippen LogP contribution in [-0.2, 0) is 11.3 Å². The van der Waals surface area contributed by atoms with Crippen LogP contribution in [-0.4, -0.2) is 51.5 Å². The van der Waals surface area contributed by atoms with Gasteiger partial charge in [-0.15, -0.1) is 0 Å². The molecule has 21 heavy (non-hydrogen) atoms. The highest BCUT2D eigenvalue weighted by Gasteiger charge is 2.42. The summed E-state index contributed by atoms with van der Waals surface area (Å²) >= 11 is 0. The number of likely N-dealkylation sites (tertiary alicyclic amines) is 1. The van der Waals surface area contributed by atoms with Gasteiger partial charge in [0.05, 0.1) is 5.41 Å². The van der Waals surface area contributed by atoms with E-state index in [1.807, 2.05) is 19.1 Å². The van der Waals surface area contributed by atoms with Gasteiger partial charge in [0.15, 0.2) is 0 Å². The van der Waals surface area contributed by atoms with E-state index in [-0.39, 0.29) is 12.6 Å². The van der Waals surface area contributed by atoms with E-state index < -0.39 is 11.4 Å². The maximum atomic E-state index is 12.5. The minimum Gasteiger partial charge on any atom is -0.481 e. The molecule has 1 fully saturated rings. The lowest BCUT2D eigenvalue weighted by Gasteiger charge is -2.28. The highest BCUT2D eigenvalue weighted by molar-refractivity contribution is 5.79. The molecule has 0 aliphatic carbocycles. The number of hydrogen-bond acceptors (Lipinski definition) is 3. The summed E-state index contributed by atoms with van der Waals surface area (Å²) in [7, 11) is 0. The van der Waals surface area contributed by atoms with Crippen LogP contribution in [0.3, 0.4) is 0 Å². The molecule has 0 spiro atoms. The number of amides is 2. The van der Waals surface area contributed by atoms with Crippen LogP contribution in [0.4, 0.5) is 4.79 Å². The lowest BCUT2D eigenvalue weighted by Crippen LogP contribution is -2.43. The van der Waals surface area contributed by atoms with E-state index in [1.54, 1.807) is 29.1 Å². The molecule has 6 nitrogen and oxygen atoms in total. The topological polar surface area (TPSA) is 73.7 Å². The molecular weight excluding hydrogens is 270 g/mol. The Balaban J connectivity index is 2.03. The van der Waals surface area contributed by atoms with Crippen LogP contribution in [0.2, 0.25) is 0 Å². The molecule has 1 aliphatic heterocycles. The van der Waals surface area contributed by atoms with Crippen molar-refractivity contribution in [1.29, 1.82) is 0 Å². The van der Waals surface area contributed by atoms with Crippen molar-refractivity contribution >= 4 is 12.0 Å². The van der Waals surface area contributed by atoms with Crippen LogP contribution in [0.25, 0.3) is 0 Å². The van der Waals surface area contributed by atoms with Gasteiger partial charge in [0.25, 0.3) is 0 Å². The lowest BCUT2D eigenvalue weighted by molar-refractivity contribution is -0.147. The van der Waals surface area contributed by atoms with Crippen LogP contribution >= 0.6 is 0 Å². The van der Waals surface area contributed by atoms with Gasteiger partial charge in [-0.2, -0.15) is 0 Å². The first-order chi connectivity index (χ1) is 9.96. The van der Waals surface area contributed by atoms with Gasteiger partial charge in [-0.1, -0.05) is 0 Å². The first kappa shape index (κ1) is 15.3. The molecule has 1 aromatic heterocycles. The summed E-state index contributed by atoms with van der Waals surface area (Å²) < 4.78 is 0. The standard InChI is InChI=1S/C15H21N3O3/c1-3-17(10-12-4-7-16-8-5-12)14(21)18-9-6-15(2,11-18)13(19)20/h4-5,7-8H,3,6,9-11H2,1-2H3,(H,19,20). The third kappa shape index (κ3) is 3.32. The molecule has 0 radical (unpaired) electrons. The van der Waals surface area contributed by atoms with Crippen LogP contribution in [0.1, 0.15) is 25.8 Å². The Morgan fingerprint density at radius 1 is 1.43 bits per heavy atom. The molecule has 2 heterocycles. The number of carbonyl (C=O) groups excluding carboxylic acids is 1. The molecule has 1 N–H and O–H groups in total. The van der Waals surface area contributed by atoms with Crippen molar-refractivity contribution in [2.45, 2.75) is 26.8 Å². The number of urea groups is 1. The summed E-state index contributed by atoms with van der Waals surface area (Å²) in [4.78, 5) is 31.1. The highest BCUT2D eigenvalue weighted by Crippen LogP contribution is 2.30. The number of carboxylic acid groups (broad SMARTS) is 1. The van der Waals surface area contributed by atoms with E-state index in [2.05, 4.69) is 4.98 Å². The van der Waals surface area contributed by atoms with Gasteiger partial charge >= 0.3 is 12.0 Å². The zero-order valence-corrected chi connectivity index (χ0v) is 12.5. The van der Waals surface area contributed by atoms with E-state index in [9.17, 15) is 14.7 Å². The third-order valence-electron chi connectivity index (χ3n) is 4.04. The number of carbonyl (C=O) groups is 2. The minimum atomic E-state index is -0.838. The van der Waals surface area contributed by atoms with Gasteiger partial charge < -0.3 is 14.9 Å². The molecule has 1 aliphatic rings. The number of aromatic nitrogens is 1. The molecule has 2 amide bonds. The molecule has 6 heteroatoms. The molecule has 0 aromatic carbocycles. The van der Waals surface area contributed by atoms with Gasteiger partial charge in [0.2, 0.25) is 0 Å². The molecule has 0 saturated carbocycles. The average Bonchev–Trinajstić information content (AvgIpc) is 2.89. The molecule has 0 bridgehead atoms. The second-order valence-electron chi connectivity index (χ2n) is 5.69. The maximum Gasteiger partial charge on any atom is 0.320 e. The second kappa shape index (κ2) is 6.11. The van der Waals surface area contributed by atoms with E-state index in [0.29, 0.717) is 26.1 Å². The van der Waals surface area contributed by atoms with Crippen molar-refractivity contribution in [2.24, 2.45) is 5.41 Å². The number of pyridine rings is 1. The van der Waals surface area contributed by atoms with E-state index in [0.717, 1.165) is 5.56 Å². The summed E-state index contributed by atoms with van der Waals surface area (Å²) in [6, 6.07) is 3.65. The lowest BCUT2D eigenvalue weighted by atomic mass is 9.90. The third-order valence-corrected chi connectivity index (χ3v) is 4.04. The maximum absolute atomic E-state index is 12.5. The van der Waals surface area contributed by atoms with Crippen LogP contribution < -0.4 is 0 Å². The number of nitrogens with zero attached hydrogens (tertiary/aromatic N) is 3. The molecule has 1 atom stereocenters. The number of aliphatic carboxylic acids is 1. The first-order valence-corrected chi connectivity index (χ1v) is 7.12.